The maximum atomic E-state index is 5.74. The van der Waals surface area contributed by atoms with Crippen LogP contribution in [0.5, 0.6) is 0 Å². The molecule has 2 aromatic rings. The van der Waals surface area contributed by atoms with Gasteiger partial charge in [0.25, 0.3) is 5.89 Å². The first kappa shape index (κ1) is 13.4. The van der Waals surface area contributed by atoms with Crippen molar-refractivity contribution in [2.24, 2.45) is 0 Å². The summed E-state index contributed by atoms with van der Waals surface area (Å²) in [6, 6.07) is 5.15. The van der Waals surface area contributed by atoms with E-state index in [1.807, 2.05) is 20.8 Å². The molecule has 102 valence electrons. The van der Waals surface area contributed by atoms with E-state index in [1.54, 1.807) is 18.2 Å². The molecule has 0 spiro atoms. The number of ether oxygens (including phenoxy) is 1. The van der Waals surface area contributed by atoms with Crippen molar-refractivity contribution in [3.8, 4) is 11.5 Å². The van der Waals surface area contributed by atoms with Crippen LogP contribution >= 0.6 is 0 Å². The second kappa shape index (κ2) is 4.89. The van der Waals surface area contributed by atoms with E-state index in [0.717, 1.165) is 0 Å². The number of anilines is 2. The summed E-state index contributed by atoms with van der Waals surface area (Å²) >= 11 is 0. The first-order valence-electron chi connectivity index (χ1n) is 6.07. The lowest BCUT2D eigenvalue weighted by molar-refractivity contribution is -0.0221. The summed E-state index contributed by atoms with van der Waals surface area (Å²) in [5.74, 6) is 0.868. The van der Waals surface area contributed by atoms with Gasteiger partial charge in [-0.2, -0.15) is 4.98 Å². The lowest BCUT2D eigenvalue weighted by Gasteiger charge is -2.19. The smallest absolute Gasteiger partial charge is 0.258 e. The molecule has 0 saturated carbocycles. The monoisotopic (exact) mass is 262 g/mol. The Morgan fingerprint density at radius 2 is 1.84 bits per heavy atom. The lowest BCUT2D eigenvalue weighted by atomic mass is 10.1. The number of aromatic nitrogens is 2. The molecule has 0 atom stereocenters. The van der Waals surface area contributed by atoms with Crippen LogP contribution in [0.15, 0.2) is 22.7 Å². The highest BCUT2D eigenvalue weighted by molar-refractivity contribution is 5.67. The van der Waals surface area contributed by atoms with Crippen LogP contribution in [0.4, 0.5) is 11.4 Å². The summed E-state index contributed by atoms with van der Waals surface area (Å²) in [6.07, 6.45) is 0. The van der Waals surface area contributed by atoms with Crippen LogP contribution in [0, 0.1) is 0 Å². The minimum absolute atomic E-state index is 0.377. The summed E-state index contributed by atoms with van der Waals surface area (Å²) < 4.78 is 10.8. The standard InChI is InChI=1S/C13H18N4O2/c1-4-18-13(2,3)12-16-11(19-17-12)8-5-9(14)7-10(15)6-8/h5-7H,4,14-15H2,1-3H3. The number of nitrogen functional groups attached to an aromatic ring is 2. The average Bonchev–Trinajstić information content (AvgIpc) is 2.77. The van der Waals surface area contributed by atoms with Crippen molar-refractivity contribution < 1.29 is 9.26 Å². The maximum absolute atomic E-state index is 5.74. The van der Waals surface area contributed by atoms with E-state index in [9.17, 15) is 0 Å². The lowest BCUT2D eigenvalue weighted by Crippen LogP contribution is -2.23. The molecule has 0 aliphatic rings. The molecule has 0 bridgehead atoms. The molecule has 1 heterocycles. The van der Waals surface area contributed by atoms with Crippen LogP contribution in [-0.2, 0) is 10.3 Å². The first-order valence-corrected chi connectivity index (χ1v) is 6.07. The molecule has 0 amide bonds. The van der Waals surface area contributed by atoms with Gasteiger partial charge in [-0.1, -0.05) is 5.16 Å². The third kappa shape index (κ3) is 2.85. The largest absolute Gasteiger partial charge is 0.399 e. The Hall–Kier alpha value is -2.08. The van der Waals surface area contributed by atoms with E-state index < -0.39 is 5.60 Å². The van der Waals surface area contributed by atoms with Crippen molar-refractivity contribution >= 4 is 11.4 Å². The number of hydrogen-bond acceptors (Lipinski definition) is 6. The molecular weight excluding hydrogens is 244 g/mol. The highest BCUT2D eigenvalue weighted by Gasteiger charge is 2.27. The summed E-state index contributed by atoms with van der Waals surface area (Å²) in [5, 5.41) is 3.95. The van der Waals surface area contributed by atoms with Gasteiger partial charge in [-0.15, -0.1) is 0 Å². The van der Waals surface area contributed by atoms with Crippen LogP contribution in [0.2, 0.25) is 0 Å². The number of nitrogens with two attached hydrogens (primary N) is 2. The zero-order valence-corrected chi connectivity index (χ0v) is 11.3. The quantitative estimate of drug-likeness (QED) is 0.819. The number of rotatable bonds is 4. The molecule has 0 fully saturated rings. The molecule has 6 heteroatoms. The summed E-state index contributed by atoms with van der Waals surface area (Å²) in [4.78, 5) is 4.34. The van der Waals surface area contributed by atoms with Gasteiger partial charge >= 0.3 is 0 Å². The summed E-state index contributed by atoms with van der Waals surface area (Å²) in [5.41, 5.74) is 12.7. The third-order valence-corrected chi connectivity index (χ3v) is 2.69. The van der Waals surface area contributed by atoms with E-state index >= 15 is 0 Å². The van der Waals surface area contributed by atoms with Crippen LogP contribution < -0.4 is 11.5 Å². The zero-order valence-electron chi connectivity index (χ0n) is 11.3. The molecule has 0 aliphatic carbocycles. The van der Waals surface area contributed by atoms with E-state index in [4.69, 9.17) is 20.7 Å². The molecular formula is C13H18N4O2. The molecule has 4 N–H and O–H groups in total. The fourth-order valence-corrected chi connectivity index (χ4v) is 1.81. The normalized spacial score (nSPS) is 11.7. The fourth-order valence-electron chi connectivity index (χ4n) is 1.81. The van der Waals surface area contributed by atoms with Crippen molar-refractivity contribution in [1.82, 2.24) is 10.1 Å². The van der Waals surface area contributed by atoms with Gasteiger partial charge < -0.3 is 20.7 Å². The van der Waals surface area contributed by atoms with Crippen molar-refractivity contribution in [3.63, 3.8) is 0 Å². The maximum Gasteiger partial charge on any atom is 0.258 e. The minimum atomic E-state index is -0.595. The van der Waals surface area contributed by atoms with Gasteiger partial charge in [-0.3, -0.25) is 0 Å². The van der Waals surface area contributed by atoms with Gasteiger partial charge in [0.1, 0.15) is 5.60 Å². The van der Waals surface area contributed by atoms with Gasteiger partial charge in [-0.05, 0) is 39.0 Å². The van der Waals surface area contributed by atoms with Gasteiger partial charge in [-0.25, -0.2) is 0 Å². The topological polar surface area (TPSA) is 100 Å². The first-order chi connectivity index (χ1) is 8.92. The Bertz CT molecular complexity index is 558. The second-order valence-corrected chi connectivity index (χ2v) is 4.75. The molecule has 2 rings (SSSR count). The van der Waals surface area contributed by atoms with Crippen molar-refractivity contribution in [2.45, 2.75) is 26.4 Å². The van der Waals surface area contributed by atoms with Gasteiger partial charge in [0.15, 0.2) is 0 Å². The van der Waals surface area contributed by atoms with Crippen LogP contribution in [-0.4, -0.2) is 16.7 Å². The zero-order chi connectivity index (χ0) is 14.0. The molecule has 1 aromatic heterocycles. The third-order valence-electron chi connectivity index (χ3n) is 2.69. The van der Waals surface area contributed by atoms with E-state index in [0.29, 0.717) is 35.3 Å². The number of nitrogens with zero attached hydrogens (tertiary/aromatic N) is 2. The number of hydrogen-bond donors (Lipinski definition) is 2. The highest BCUT2D eigenvalue weighted by atomic mass is 16.5. The Kier molecular flexibility index (Phi) is 3.44. The Labute approximate surface area is 111 Å². The molecule has 0 radical (unpaired) electrons. The van der Waals surface area contributed by atoms with Crippen molar-refractivity contribution in [3.05, 3.63) is 24.0 Å². The highest BCUT2D eigenvalue weighted by Crippen LogP contribution is 2.27. The average molecular weight is 262 g/mol. The molecule has 0 unspecified atom stereocenters. The minimum Gasteiger partial charge on any atom is -0.399 e. The Morgan fingerprint density at radius 1 is 1.21 bits per heavy atom. The van der Waals surface area contributed by atoms with Crippen molar-refractivity contribution in [1.29, 1.82) is 0 Å². The van der Waals surface area contributed by atoms with Crippen molar-refractivity contribution in [2.75, 3.05) is 18.1 Å². The van der Waals surface area contributed by atoms with Crippen LogP contribution in [0.1, 0.15) is 26.6 Å². The van der Waals surface area contributed by atoms with Gasteiger partial charge in [0.2, 0.25) is 5.82 Å². The summed E-state index contributed by atoms with van der Waals surface area (Å²) in [6.45, 7) is 6.27. The van der Waals surface area contributed by atoms with Gasteiger partial charge in [0.05, 0.1) is 0 Å². The van der Waals surface area contributed by atoms with Crippen LogP contribution in [0.3, 0.4) is 0 Å². The molecule has 6 nitrogen and oxygen atoms in total. The number of benzene rings is 1. The fraction of sp³-hybridized carbons (Fsp3) is 0.385. The Morgan fingerprint density at radius 3 is 2.42 bits per heavy atom. The van der Waals surface area contributed by atoms with Gasteiger partial charge in [0, 0.05) is 23.5 Å². The molecule has 1 aromatic carbocycles. The van der Waals surface area contributed by atoms with E-state index in [1.165, 1.54) is 0 Å². The SMILES string of the molecule is CCOC(C)(C)c1noc(-c2cc(N)cc(N)c2)n1. The van der Waals surface area contributed by atoms with E-state index in [-0.39, 0.29) is 0 Å². The Balaban J connectivity index is 2.35. The second-order valence-electron chi connectivity index (χ2n) is 4.75. The predicted molar refractivity (Wildman–Crippen MR) is 73.2 cm³/mol. The molecule has 0 saturated heterocycles. The summed E-state index contributed by atoms with van der Waals surface area (Å²) in [7, 11) is 0. The van der Waals surface area contributed by atoms with Crippen LogP contribution in [0.25, 0.3) is 11.5 Å². The van der Waals surface area contributed by atoms with E-state index in [2.05, 4.69) is 10.1 Å². The molecule has 0 aliphatic heterocycles. The molecule has 19 heavy (non-hydrogen) atoms. The predicted octanol–water partition coefficient (Wildman–Crippen LogP) is 2.17.